The Balaban J connectivity index is 3.13. The number of ether oxygens (including phenoxy) is 1. The van der Waals surface area contributed by atoms with Gasteiger partial charge in [-0.25, -0.2) is 4.79 Å². The van der Waals surface area contributed by atoms with Crippen molar-refractivity contribution < 1.29 is 9.53 Å². The SMILES string of the molecule is CCCCCCCCCCCCCCC/C=C/C(=O)OCCC. The molecule has 0 atom stereocenters. The number of rotatable bonds is 17. The van der Waals surface area contributed by atoms with Crippen LogP contribution in [0.1, 0.15) is 110 Å². The fourth-order valence-electron chi connectivity index (χ4n) is 2.71. The second-order valence-corrected chi connectivity index (χ2v) is 6.60. The molecule has 0 fully saturated rings. The zero-order valence-corrected chi connectivity index (χ0v) is 15.8. The Bertz CT molecular complexity index is 271. The molecule has 2 nitrogen and oxygen atoms in total. The van der Waals surface area contributed by atoms with Crippen molar-refractivity contribution >= 4 is 5.97 Å². The third-order valence-corrected chi connectivity index (χ3v) is 4.18. The first-order valence-electron chi connectivity index (χ1n) is 10.1. The monoisotopic (exact) mass is 324 g/mol. The summed E-state index contributed by atoms with van der Waals surface area (Å²) in [5, 5.41) is 0. The van der Waals surface area contributed by atoms with Crippen LogP contribution in [0.2, 0.25) is 0 Å². The lowest BCUT2D eigenvalue weighted by Crippen LogP contribution is -2.00. The largest absolute Gasteiger partial charge is 0.463 e. The molecule has 136 valence electrons. The maximum atomic E-state index is 11.2. The number of allylic oxidation sites excluding steroid dienone is 1. The summed E-state index contributed by atoms with van der Waals surface area (Å²) in [5.41, 5.74) is 0. The molecule has 0 aromatic carbocycles. The summed E-state index contributed by atoms with van der Waals surface area (Å²) in [4.78, 5) is 11.2. The standard InChI is InChI=1S/C21H40O2/c1-3-5-6-7-8-9-10-11-12-13-14-15-16-17-18-19-21(22)23-20-4-2/h18-19H,3-17,20H2,1-2H3/b19-18+. The summed E-state index contributed by atoms with van der Waals surface area (Å²) in [7, 11) is 0. The van der Waals surface area contributed by atoms with Crippen LogP contribution >= 0.6 is 0 Å². The van der Waals surface area contributed by atoms with E-state index in [0.717, 1.165) is 12.8 Å². The van der Waals surface area contributed by atoms with Gasteiger partial charge in [-0.05, 0) is 19.3 Å². The number of carbonyl (C=O) groups is 1. The normalized spacial score (nSPS) is 11.2. The van der Waals surface area contributed by atoms with Gasteiger partial charge in [-0.1, -0.05) is 97.0 Å². The Morgan fingerprint density at radius 1 is 0.696 bits per heavy atom. The number of hydrogen-bond acceptors (Lipinski definition) is 2. The van der Waals surface area contributed by atoms with Gasteiger partial charge in [0.15, 0.2) is 0 Å². The van der Waals surface area contributed by atoms with Crippen molar-refractivity contribution in [2.24, 2.45) is 0 Å². The summed E-state index contributed by atoms with van der Waals surface area (Å²) in [6.45, 7) is 4.81. The van der Waals surface area contributed by atoms with Gasteiger partial charge in [0.25, 0.3) is 0 Å². The van der Waals surface area contributed by atoms with E-state index in [1.54, 1.807) is 6.08 Å². The minimum absolute atomic E-state index is 0.193. The van der Waals surface area contributed by atoms with Gasteiger partial charge in [-0.3, -0.25) is 0 Å². The van der Waals surface area contributed by atoms with Crippen LogP contribution in [-0.2, 0) is 9.53 Å². The molecule has 0 unspecified atom stereocenters. The first-order chi connectivity index (χ1) is 11.3. The van der Waals surface area contributed by atoms with Crippen LogP contribution in [0.4, 0.5) is 0 Å². The molecule has 0 aromatic rings. The van der Waals surface area contributed by atoms with E-state index < -0.39 is 0 Å². The number of carbonyl (C=O) groups excluding carboxylic acids is 1. The van der Waals surface area contributed by atoms with Crippen molar-refractivity contribution in [1.82, 2.24) is 0 Å². The highest BCUT2D eigenvalue weighted by molar-refractivity contribution is 5.81. The molecule has 2 heteroatoms. The van der Waals surface area contributed by atoms with E-state index in [0.29, 0.717) is 6.61 Å². The summed E-state index contributed by atoms with van der Waals surface area (Å²) in [6.07, 6.45) is 23.3. The second kappa shape index (κ2) is 19.3. The quantitative estimate of drug-likeness (QED) is 0.164. The van der Waals surface area contributed by atoms with E-state index in [1.165, 1.54) is 83.5 Å². The molecule has 0 rings (SSSR count). The maximum absolute atomic E-state index is 11.2. The molecule has 23 heavy (non-hydrogen) atoms. The van der Waals surface area contributed by atoms with E-state index in [9.17, 15) is 4.79 Å². The Hall–Kier alpha value is -0.790. The van der Waals surface area contributed by atoms with Crippen molar-refractivity contribution in [2.45, 2.75) is 110 Å². The lowest BCUT2D eigenvalue weighted by Gasteiger charge is -2.02. The molecule has 0 bridgehead atoms. The first-order valence-corrected chi connectivity index (χ1v) is 10.1. The molecule has 0 saturated heterocycles. The van der Waals surface area contributed by atoms with E-state index in [-0.39, 0.29) is 5.97 Å². The van der Waals surface area contributed by atoms with E-state index in [2.05, 4.69) is 6.92 Å². The minimum Gasteiger partial charge on any atom is -0.463 e. The average Bonchev–Trinajstić information content (AvgIpc) is 2.56. The van der Waals surface area contributed by atoms with E-state index in [1.807, 2.05) is 13.0 Å². The highest BCUT2D eigenvalue weighted by Crippen LogP contribution is 2.12. The molecular weight excluding hydrogens is 284 g/mol. The van der Waals surface area contributed by atoms with Crippen molar-refractivity contribution in [2.75, 3.05) is 6.61 Å². The summed E-state index contributed by atoms with van der Waals surface area (Å²) >= 11 is 0. The average molecular weight is 325 g/mol. The molecule has 0 heterocycles. The van der Waals surface area contributed by atoms with Crippen LogP contribution in [0.5, 0.6) is 0 Å². The Morgan fingerprint density at radius 2 is 1.17 bits per heavy atom. The second-order valence-electron chi connectivity index (χ2n) is 6.60. The van der Waals surface area contributed by atoms with Gasteiger partial charge in [0.05, 0.1) is 6.61 Å². The van der Waals surface area contributed by atoms with Gasteiger partial charge in [0.2, 0.25) is 0 Å². The Labute approximate surface area is 145 Å². The highest BCUT2D eigenvalue weighted by Gasteiger charge is 1.95. The lowest BCUT2D eigenvalue weighted by atomic mass is 10.0. The predicted molar refractivity (Wildman–Crippen MR) is 101 cm³/mol. The van der Waals surface area contributed by atoms with Crippen LogP contribution in [0.3, 0.4) is 0 Å². The van der Waals surface area contributed by atoms with Crippen LogP contribution in [0.15, 0.2) is 12.2 Å². The maximum Gasteiger partial charge on any atom is 0.330 e. The molecular formula is C21H40O2. The number of unbranched alkanes of at least 4 members (excludes halogenated alkanes) is 13. The van der Waals surface area contributed by atoms with Crippen LogP contribution in [0, 0.1) is 0 Å². The van der Waals surface area contributed by atoms with Crippen LogP contribution in [-0.4, -0.2) is 12.6 Å². The first kappa shape index (κ1) is 22.2. The van der Waals surface area contributed by atoms with Gasteiger partial charge >= 0.3 is 5.97 Å². The number of esters is 1. The third kappa shape index (κ3) is 19.2. The summed E-state index contributed by atoms with van der Waals surface area (Å²) in [6, 6.07) is 0. The Kier molecular flexibility index (Phi) is 18.6. The molecule has 0 aliphatic heterocycles. The fraction of sp³-hybridized carbons (Fsp3) is 0.857. The van der Waals surface area contributed by atoms with Crippen molar-refractivity contribution in [3.8, 4) is 0 Å². The molecule has 0 aromatic heterocycles. The van der Waals surface area contributed by atoms with Crippen molar-refractivity contribution in [1.29, 1.82) is 0 Å². The van der Waals surface area contributed by atoms with Gasteiger partial charge in [-0.2, -0.15) is 0 Å². The van der Waals surface area contributed by atoms with Gasteiger partial charge in [0, 0.05) is 6.08 Å². The van der Waals surface area contributed by atoms with Gasteiger partial charge < -0.3 is 4.74 Å². The van der Waals surface area contributed by atoms with Crippen molar-refractivity contribution in [3.05, 3.63) is 12.2 Å². The molecule has 0 aliphatic rings. The van der Waals surface area contributed by atoms with E-state index >= 15 is 0 Å². The third-order valence-electron chi connectivity index (χ3n) is 4.18. The molecule has 0 N–H and O–H groups in total. The van der Waals surface area contributed by atoms with Crippen LogP contribution in [0.25, 0.3) is 0 Å². The predicted octanol–water partition coefficient (Wildman–Crippen LogP) is 6.98. The highest BCUT2D eigenvalue weighted by atomic mass is 16.5. The summed E-state index contributed by atoms with van der Waals surface area (Å²) < 4.78 is 4.98. The summed E-state index contributed by atoms with van der Waals surface area (Å²) in [5.74, 6) is -0.193. The molecule has 0 spiro atoms. The van der Waals surface area contributed by atoms with Crippen molar-refractivity contribution in [3.63, 3.8) is 0 Å². The van der Waals surface area contributed by atoms with E-state index in [4.69, 9.17) is 4.74 Å². The molecule has 0 amide bonds. The molecule has 0 radical (unpaired) electrons. The van der Waals surface area contributed by atoms with Crippen LogP contribution < -0.4 is 0 Å². The topological polar surface area (TPSA) is 26.3 Å². The lowest BCUT2D eigenvalue weighted by molar-refractivity contribution is -0.137. The minimum atomic E-state index is -0.193. The Morgan fingerprint density at radius 3 is 1.65 bits per heavy atom. The van der Waals surface area contributed by atoms with Gasteiger partial charge in [-0.15, -0.1) is 0 Å². The zero-order chi connectivity index (χ0) is 17.0. The number of hydrogen-bond donors (Lipinski definition) is 0. The molecule has 0 saturated carbocycles. The molecule has 0 aliphatic carbocycles. The van der Waals surface area contributed by atoms with Gasteiger partial charge in [0.1, 0.15) is 0 Å². The fourth-order valence-corrected chi connectivity index (χ4v) is 2.71. The smallest absolute Gasteiger partial charge is 0.330 e. The zero-order valence-electron chi connectivity index (χ0n) is 15.8.